The maximum atomic E-state index is 13.1. The molecule has 0 unspecified atom stereocenters. The first-order valence-corrected chi connectivity index (χ1v) is 10.1. The van der Waals surface area contributed by atoms with Gasteiger partial charge in [0.25, 0.3) is 11.8 Å². The van der Waals surface area contributed by atoms with Crippen LogP contribution < -0.4 is 10.2 Å². The standard InChI is InChI=1S/C23H27N3O2/c1-25(21-8-3-2-4-9-21)22(27)17-6-5-7-18(14-17)23(28)26-12-10-19-15-24-16-20(19)11-13-26/h2-9,14,19-20,24H,10-13,15-16H2,1H3/t19-,20+. The Hall–Kier alpha value is -2.66. The van der Waals surface area contributed by atoms with E-state index in [2.05, 4.69) is 5.32 Å². The molecule has 4 rings (SSSR count). The van der Waals surface area contributed by atoms with E-state index in [0.29, 0.717) is 23.0 Å². The highest BCUT2D eigenvalue weighted by molar-refractivity contribution is 6.07. The highest BCUT2D eigenvalue weighted by atomic mass is 16.2. The van der Waals surface area contributed by atoms with E-state index in [1.165, 1.54) is 0 Å². The summed E-state index contributed by atoms with van der Waals surface area (Å²) in [5.74, 6) is 1.29. The number of hydrogen-bond acceptors (Lipinski definition) is 3. The number of carbonyl (C=O) groups excluding carboxylic acids is 2. The second kappa shape index (κ2) is 8.15. The minimum Gasteiger partial charge on any atom is -0.339 e. The molecule has 0 bridgehead atoms. The third kappa shape index (κ3) is 3.80. The summed E-state index contributed by atoms with van der Waals surface area (Å²) in [5.41, 5.74) is 1.96. The second-order valence-corrected chi connectivity index (χ2v) is 7.83. The van der Waals surface area contributed by atoms with Gasteiger partial charge in [0, 0.05) is 37.0 Å². The normalized spacial score (nSPS) is 21.7. The molecule has 146 valence electrons. The Kier molecular flexibility index (Phi) is 5.44. The average molecular weight is 377 g/mol. The number of nitrogens with one attached hydrogen (secondary N) is 1. The van der Waals surface area contributed by atoms with Gasteiger partial charge in [0.1, 0.15) is 0 Å². The molecule has 2 amide bonds. The Labute approximate surface area is 166 Å². The van der Waals surface area contributed by atoms with Gasteiger partial charge in [0.15, 0.2) is 0 Å². The Balaban J connectivity index is 1.48. The Bertz CT molecular complexity index is 838. The maximum Gasteiger partial charge on any atom is 0.258 e. The Morgan fingerprint density at radius 1 is 0.929 bits per heavy atom. The van der Waals surface area contributed by atoms with Crippen molar-refractivity contribution >= 4 is 17.5 Å². The molecule has 5 nitrogen and oxygen atoms in total. The van der Waals surface area contributed by atoms with Gasteiger partial charge in [0.05, 0.1) is 0 Å². The minimum atomic E-state index is -0.114. The van der Waals surface area contributed by atoms with Crippen LogP contribution in [0, 0.1) is 11.8 Å². The molecule has 0 spiro atoms. The van der Waals surface area contributed by atoms with Gasteiger partial charge in [0.2, 0.25) is 0 Å². The molecule has 2 aliphatic rings. The van der Waals surface area contributed by atoms with Crippen LogP contribution in [-0.4, -0.2) is 49.9 Å². The van der Waals surface area contributed by atoms with Crippen molar-refractivity contribution in [2.75, 3.05) is 38.1 Å². The largest absolute Gasteiger partial charge is 0.339 e. The van der Waals surface area contributed by atoms with Gasteiger partial charge < -0.3 is 15.1 Å². The van der Waals surface area contributed by atoms with Gasteiger partial charge in [-0.25, -0.2) is 0 Å². The van der Waals surface area contributed by atoms with E-state index in [-0.39, 0.29) is 11.8 Å². The van der Waals surface area contributed by atoms with Crippen LogP contribution in [-0.2, 0) is 0 Å². The number of hydrogen-bond donors (Lipinski definition) is 1. The zero-order valence-corrected chi connectivity index (χ0v) is 16.3. The third-order valence-electron chi connectivity index (χ3n) is 6.11. The number of nitrogens with zero attached hydrogens (tertiary/aromatic N) is 2. The fraction of sp³-hybridized carbons (Fsp3) is 0.391. The third-order valence-corrected chi connectivity index (χ3v) is 6.11. The molecule has 1 N–H and O–H groups in total. The topological polar surface area (TPSA) is 52.7 Å². The number of amides is 2. The molecular formula is C23H27N3O2. The summed E-state index contributed by atoms with van der Waals surface area (Å²) < 4.78 is 0. The molecule has 2 fully saturated rings. The van der Waals surface area contributed by atoms with Gasteiger partial charge in [-0.1, -0.05) is 24.3 Å². The van der Waals surface area contributed by atoms with Crippen molar-refractivity contribution in [2.45, 2.75) is 12.8 Å². The molecule has 5 heteroatoms. The Morgan fingerprint density at radius 2 is 1.57 bits per heavy atom. The van der Waals surface area contributed by atoms with E-state index >= 15 is 0 Å². The maximum absolute atomic E-state index is 13.1. The van der Waals surface area contributed by atoms with Crippen molar-refractivity contribution in [3.8, 4) is 0 Å². The van der Waals surface area contributed by atoms with Crippen LogP contribution in [0.3, 0.4) is 0 Å². The smallest absolute Gasteiger partial charge is 0.258 e. The van der Waals surface area contributed by atoms with Crippen molar-refractivity contribution in [1.29, 1.82) is 0 Å². The highest BCUT2D eigenvalue weighted by Gasteiger charge is 2.31. The lowest BCUT2D eigenvalue weighted by molar-refractivity contribution is 0.0758. The van der Waals surface area contributed by atoms with Crippen molar-refractivity contribution < 1.29 is 9.59 Å². The lowest BCUT2D eigenvalue weighted by Gasteiger charge is -2.22. The van der Waals surface area contributed by atoms with E-state index in [4.69, 9.17) is 0 Å². The van der Waals surface area contributed by atoms with Crippen LogP contribution in [0.2, 0.25) is 0 Å². The van der Waals surface area contributed by atoms with Crippen LogP contribution in [0.1, 0.15) is 33.6 Å². The first kappa shape index (κ1) is 18.7. The SMILES string of the molecule is CN(C(=O)c1cccc(C(=O)N2CC[C@@H]3CNC[C@@H]3CC2)c1)c1ccccc1. The van der Waals surface area contributed by atoms with E-state index < -0.39 is 0 Å². The predicted molar refractivity (Wildman–Crippen MR) is 111 cm³/mol. The molecule has 2 aromatic carbocycles. The summed E-state index contributed by atoms with van der Waals surface area (Å²) in [4.78, 5) is 29.5. The lowest BCUT2D eigenvalue weighted by atomic mass is 9.92. The molecule has 2 aliphatic heterocycles. The van der Waals surface area contributed by atoms with Crippen LogP contribution in [0.25, 0.3) is 0 Å². The molecule has 0 radical (unpaired) electrons. The minimum absolute atomic E-state index is 0.0324. The van der Waals surface area contributed by atoms with Gasteiger partial charge >= 0.3 is 0 Å². The van der Waals surface area contributed by atoms with E-state index in [1.807, 2.05) is 41.3 Å². The highest BCUT2D eigenvalue weighted by Crippen LogP contribution is 2.28. The number of rotatable bonds is 3. The average Bonchev–Trinajstić information content (AvgIpc) is 3.11. The molecule has 0 aromatic heterocycles. The first-order chi connectivity index (χ1) is 13.6. The van der Waals surface area contributed by atoms with Crippen molar-refractivity contribution in [3.05, 3.63) is 65.7 Å². The molecule has 0 saturated carbocycles. The van der Waals surface area contributed by atoms with Crippen LogP contribution >= 0.6 is 0 Å². The van der Waals surface area contributed by atoms with Crippen LogP contribution in [0.4, 0.5) is 5.69 Å². The lowest BCUT2D eigenvalue weighted by Crippen LogP contribution is -2.33. The molecule has 2 heterocycles. The van der Waals surface area contributed by atoms with Crippen LogP contribution in [0.5, 0.6) is 0 Å². The Morgan fingerprint density at radius 3 is 2.25 bits per heavy atom. The van der Waals surface area contributed by atoms with Gasteiger partial charge in [-0.3, -0.25) is 9.59 Å². The summed E-state index contributed by atoms with van der Waals surface area (Å²) in [6.07, 6.45) is 2.11. The first-order valence-electron chi connectivity index (χ1n) is 10.1. The van der Waals surface area contributed by atoms with Gasteiger partial charge in [-0.05, 0) is 68.1 Å². The van der Waals surface area contributed by atoms with E-state index in [0.717, 1.165) is 44.7 Å². The fourth-order valence-electron chi connectivity index (χ4n) is 4.35. The van der Waals surface area contributed by atoms with Crippen molar-refractivity contribution in [3.63, 3.8) is 0 Å². The molecule has 28 heavy (non-hydrogen) atoms. The molecular weight excluding hydrogens is 350 g/mol. The monoisotopic (exact) mass is 377 g/mol. The van der Waals surface area contributed by atoms with Gasteiger partial charge in [-0.15, -0.1) is 0 Å². The molecule has 2 atom stereocenters. The summed E-state index contributed by atoms with van der Waals surface area (Å²) in [5, 5.41) is 3.47. The molecule has 2 aromatic rings. The second-order valence-electron chi connectivity index (χ2n) is 7.83. The van der Waals surface area contributed by atoms with E-state index in [1.54, 1.807) is 30.1 Å². The number of benzene rings is 2. The molecule has 2 saturated heterocycles. The van der Waals surface area contributed by atoms with Crippen molar-refractivity contribution in [2.24, 2.45) is 11.8 Å². The molecule has 0 aliphatic carbocycles. The number of carbonyl (C=O) groups is 2. The number of para-hydroxylation sites is 1. The zero-order valence-electron chi connectivity index (χ0n) is 16.3. The quantitative estimate of drug-likeness (QED) is 0.895. The fourth-order valence-corrected chi connectivity index (χ4v) is 4.35. The van der Waals surface area contributed by atoms with E-state index in [9.17, 15) is 9.59 Å². The van der Waals surface area contributed by atoms with Gasteiger partial charge in [-0.2, -0.15) is 0 Å². The van der Waals surface area contributed by atoms with Crippen molar-refractivity contribution in [1.82, 2.24) is 10.2 Å². The predicted octanol–water partition coefficient (Wildman–Crippen LogP) is 3.03. The zero-order chi connectivity index (χ0) is 19.5. The summed E-state index contributed by atoms with van der Waals surface area (Å²) in [7, 11) is 1.76. The number of likely N-dealkylation sites (tertiary alicyclic amines) is 1. The number of fused-ring (bicyclic) bond motifs is 1. The summed E-state index contributed by atoms with van der Waals surface area (Å²) in [6, 6.07) is 16.7. The van der Waals surface area contributed by atoms with Crippen LogP contribution in [0.15, 0.2) is 54.6 Å². The number of anilines is 1. The summed E-state index contributed by atoms with van der Waals surface area (Å²) >= 11 is 0. The summed E-state index contributed by atoms with van der Waals surface area (Å²) in [6.45, 7) is 3.73.